The fourth-order valence-electron chi connectivity index (χ4n) is 1.19. The highest BCUT2D eigenvalue weighted by molar-refractivity contribution is 5.14. The van der Waals surface area contributed by atoms with Gasteiger partial charge in [-0.3, -0.25) is 0 Å². The van der Waals surface area contributed by atoms with E-state index in [0.29, 0.717) is 11.8 Å². The molecule has 0 aromatic heterocycles. The lowest BCUT2D eigenvalue weighted by Gasteiger charge is -2.13. The second-order valence-corrected chi connectivity index (χ2v) is 3.21. The molecule has 0 spiro atoms. The summed E-state index contributed by atoms with van der Waals surface area (Å²) >= 11 is 0. The van der Waals surface area contributed by atoms with Gasteiger partial charge in [0.2, 0.25) is 0 Å². The average molecular weight is 168 g/mol. The van der Waals surface area contributed by atoms with Gasteiger partial charge < -0.3 is 0 Å². The molecule has 0 heteroatoms. The van der Waals surface area contributed by atoms with Crippen molar-refractivity contribution in [2.75, 3.05) is 0 Å². The fourth-order valence-corrected chi connectivity index (χ4v) is 1.19. The zero-order chi connectivity index (χ0) is 10.1. The van der Waals surface area contributed by atoms with Crippen LogP contribution in [0.2, 0.25) is 0 Å². The molecule has 0 fully saturated rings. The van der Waals surface area contributed by atoms with Crippen LogP contribution in [-0.4, -0.2) is 0 Å². The maximum atomic E-state index is 3.69. The Balaban J connectivity index is 0. The minimum Gasteiger partial charge on any atom is -0.0991 e. The highest BCUT2D eigenvalue weighted by atomic mass is 14.1. The van der Waals surface area contributed by atoms with Crippen molar-refractivity contribution in [1.82, 2.24) is 0 Å². The van der Waals surface area contributed by atoms with Crippen LogP contribution >= 0.6 is 0 Å². The fraction of sp³-hybridized carbons (Fsp3) is 0.667. The lowest BCUT2D eigenvalue weighted by Crippen LogP contribution is -2.01. The molecule has 0 aliphatic carbocycles. The summed E-state index contributed by atoms with van der Waals surface area (Å²) in [7, 11) is 0. The number of allylic oxidation sites excluding steroid dienone is 3. The summed E-state index contributed by atoms with van der Waals surface area (Å²) in [6.45, 7) is 16.6. The molecule has 0 aliphatic rings. The Kier molecular flexibility index (Phi) is 10.0. The van der Waals surface area contributed by atoms with E-state index in [9.17, 15) is 0 Å². The van der Waals surface area contributed by atoms with E-state index < -0.39 is 0 Å². The Morgan fingerprint density at radius 2 is 1.33 bits per heavy atom. The normalized spacial score (nSPS) is 9.00. The van der Waals surface area contributed by atoms with Crippen LogP contribution in [0.5, 0.6) is 0 Å². The highest BCUT2D eigenvalue weighted by Crippen LogP contribution is 2.18. The van der Waals surface area contributed by atoms with Crippen LogP contribution in [0.25, 0.3) is 0 Å². The van der Waals surface area contributed by atoms with E-state index in [-0.39, 0.29) is 0 Å². The molecule has 0 amide bonds. The number of hydrogen-bond acceptors (Lipinski definition) is 0. The molecule has 12 heavy (non-hydrogen) atoms. The summed E-state index contributed by atoms with van der Waals surface area (Å²) in [4.78, 5) is 0. The van der Waals surface area contributed by atoms with E-state index in [1.807, 2.05) is 19.9 Å². The predicted octanol–water partition coefficient (Wildman–Crippen LogP) is 4.44. The molecule has 0 aromatic carbocycles. The van der Waals surface area contributed by atoms with Crippen molar-refractivity contribution >= 4 is 0 Å². The van der Waals surface area contributed by atoms with Gasteiger partial charge in [0.05, 0.1) is 0 Å². The molecule has 0 heterocycles. The highest BCUT2D eigenvalue weighted by Gasteiger charge is 2.05. The molecular formula is C12H24. The molecule has 0 aromatic rings. The van der Waals surface area contributed by atoms with E-state index >= 15 is 0 Å². The summed E-state index contributed by atoms with van der Waals surface area (Å²) < 4.78 is 0. The van der Waals surface area contributed by atoms with E-state index in [0.717, 1.165) is 0 Å². The van der Waals surface area contributed by atoms with Crippen molar-refractivity contribution in [2.24, 2.45) is 11.8 Å². The van der Waals surface area contributed by atoms with Gasteiger partial charge in [-0.15, -0.1) is 0 Å². The third-order valence-electron chi connectivity index (χ3n) is 1.64. The van der Waals surface area contributed by atoms with E-state index in [1.165, 1.54) is 5.57 Å². The molecule has 0 atom stereocenters. The first-order chi connectivity index (χ1) is 5.59. The van der Waals surface area contributed by atoms with Gasteiger partial charge in [-0.1, -0.05) is 65.8 Å². The monoisotopic (exact) mass is 168 g/mol. The third kappa shape index (κ3) is 6.21. The van der Waals surface area contributed by atoms with Crippen molar-refractivity contribution in [3.8, 4) is 0 Å². The molecule has 0 radical (unpaired) electrons. The predicted molar refractivity (Wildman–Crippen MR) is 59.3 cm³/mol. The van der Waals surface area contributed by atoms with Crippen molar-refractivity contribution < 1.29 is 0 Å². The SMILES string of the molecule is C=CC=C(C(C)C)C(C)C.CC. The van der Waals surface area contributed by atoms with Gasteiger partial charge in [0.15, 0.2) is 0 Å². The van der Waals surface area contributed by atoms with E-state index in [4.69, 9.17) is 0 Å². The van der Waals surface area contributed by atoms with Crippen molar-refractivity contribution in [3.05, 3.63) is 24.3 Å². The molecular weight excluding hydrogens is 144 g/mol. The van der Waals surface area contributed by atoms with Crippen molar-refractivity contribution in [1.29, 1.82) is 0 Å². The molecule has 0 unspecified atom stereocenters. The Bertz CT molecular complexity index is 117. The Morgan fingerprint density at radius 3 is 1.42 bits per heavy atom. The largest absolute Gasteiger partial charge is 0.0991 e. The van der Waals surface area contributed by atoms with Crippen LogP contribution in [-0.2, 0) is 0 Å². The maximum absolute atomic E-state index is 3.69. The first-order valence-electron chi connectivity index (χ1n) is 4.92. The minimum atomic E-state index is 0.651. The average Bonchev–Trinajstić information content (AvgIpc) is 2.03. The number of hydrogen-bond donors (Lipinski definition) is 0. The van der Waals surface area contributed by atoms with Crippen LogP contribution in [0.1, 0.15) is 41.5 Å². The minimum absolute atomic E-state index is 0.651. The Hall–Kier alpha value is -0.520. The smallest absolute Gasteiger partial charge is 0.0254 e. The molecule has 0 rings (SSSR count). The summed E-state index contributed by atoms with van der Waals surface area (Å²) in [5.41, 5.74) is 1.48. The van der Waals surface area contributed by atoms with Crippen LogP contribution in [0, 0.1) is 11.8 Å². The van der Waals surface area contributed by atoms with Crippen molar-refractivity contribution in [2.45, 2.75) is 41.5 Å². The second kappa shape index (κ2) is 8.58. The molecule has 0 saturated heterocycles. The second-order valence-electron chi connectivity index (χ2n) is 3.21. The molecule has 0 bridgehead atoms. The standard InChI is InChI=1S/C10H18.C2H6/c1-6-7-10(8(2)3)9(4)5;1-2/h6-9H,1H2,2-5H3;1-2H3. The summed E-state index contributed by atoms with van der Waals surface area (Å²) in [5.74, 6) is 1.30. The Labute approximate surface area is 78.4 Å². The third-order valence-corrected chi connectivity index (χ3v) is 1.64. The topological polar surface area (TPSA) is 0 Å². The number of rotatable bonds is 3. The molecule has 0 saturated carbocycles. The van der Waals surface area contributed by atoms with E-state index in [2.05, 4.69) is 40.3 Å². The summed E-state index contributed by atoms with van der Waals surface area (Å²) in [5, 5.41) is 0. The van der Waals surface area contributed by atoms with Gasteiger partial charge in [-0.05, 0) is 11.8 Å². The lowest BCUT2D eigenvalue weighted by molar-refractivity contribution is 0.626. The van der Waals surface area contributed by atoms with Crippen molar-refractivity contribution in [3.63, 3.8) is 0 Å². The van der Waals surface area contributed by atoms with Gasteiger partial charge >= 0.3 is 0 Å². The van der Waals surface area contributed by atoms with Crippen LogP contribution in [0.3, 0.4) is 0 Å². The molecule has 0 N–H and O–H groups in total. The first kappa shape index (κ1) is 14.0. The quantitative estimate of drug-likeness (QED) is 0.547. The summed E-state index contributed by atoms with van der Waals surface area (Å²) in [6.07, 6.45) is 3.99. The zero-order valence-corrected chi connectivity index (χ0v) is 9.52. The van der Waals surface area contributed by atoms with E-state index in [1.54, 1.807) is 0 Å². The molecule has 72 valence electrons. The Morgan fingerprint density at radius 1 is 1.00 bits per heavy atom. The van der Waals surface area contributed by atoms with Crippen LogP contribution in [0.15, 0.2) is 24.3 Å². The van der Waals surface area contributed by atoms with Gasteiger partial charge in [0.25, 0.3) is 0 Å². The first-order valence-corrected chi connectivity index (χ1v) is 4.92. The van der Waals surface area contributed by atoms with Gasteiger partial charge in [0.1, 0.15) is 0 Å². The molecule has 0 nitrogen and oxygen atoms in total. The lowest BCUT2D eigenvalue weighted by atomic mass is 9.92. The van der Waals surface area contributed by atoms with Gasteiger partial charge in [0, 0.05) is 0 Å². The molecule has 0 aliphatic heterocycles. The maximum Gasteiger partial charge on any atom is -0.0254 e. The van der Waals surface area contributed by atoms with Gasteiger partial charge in [-0.2, -0.15) is 0 Å². The van der Waals surface area contributed by atoms with Crippen LogP contribution in [0.4, 0.5) is 0 Å². The summed E-state index contributed by atoms with van der Waals surface area (Å²) in [6, 6.07) is 0. The van der Waals surface area contributed by atoms with Crippen LogP contribution < -0.4 is 0 Å². The zero-order valence-electron chi connectivity index (χ0n) is 9.52. The van der Waals surface area contributed by atoms with Gasteiger partial charge in [-0.25, -0.2) is 0 Å².